The van der Waals surface area contributed by atoms with Crippen LogP contribution >= 0.6 is 0 Å². The lowest BCUT2D eigenvalue weighted by Crippen LogP contribution is -2.29. The molecule has 0 bridgehead atoms. The molecule has 37 heavy (non-hydrogen) atoms. The van der Waals surface area contributed by atoms with Gasteiger partial charge in [0.2, 0.25) is 0 Å². The van der Waals surface area contributed by atoms with E-state index in [1.165, 1.54) is 64.2 Å². The van der Waals surface area contributed by atoms with E-state index in [1.807, 2.05) is 24.3 Å². The third-order valence-electron chi connectivity index (χ3n) is 8.54. The lowest BCUT2D eigenvalue weighted by molar-refractivity contribution is 0.0109. The highest BCUT2D eigenvalue weighted by atomic mass is 16.5. The fraction of sp³-hybridized carbons (Fsp3) is 0.727. The Morgan fingerprint density at radius 3 is 2.14 bits per heavy atom. The van der Waals surface area contributed by atoms with Crippen LogP contribution in [0.1, 0.15) is 120 Å². The summed E-state index contributed by atoms with van der Waals surface area (Å²) in [4.78, 5) is 12.7. The lowest BCUT2D eigenvalue weighted by Gasteiger charge is -2.37. The van der Waals surface area contributed by atoms with Crippen molar-refractivity contribution < 1.29 is 19.0 Å². The van der Waals surface area contributed by atoms with Gasteiger partial charge >= 0.3 is 5.97 Å². The highest BCUT2D eigenvalue weighted by Gasteiger charge is 2.32. The second-order valence-corrected chi connectivity index (χ2v) is 11.4. The van der Waals surface area contributed by atoms with Crippen LogP contribution in [0.4, 0.5) is 0 Å². The van der Waals surface area contributed by atoms with E-state index in [0.717, 1.165) is 68.6 Å². The van der Waals surface area contributed by atoms with Crippen molar-refractivity contribution in [1.82, 2.24) is 0 Å². The molecule has 0 N–H and O–H groups in total. The van der Waals surface area contributed by atoms with Crippen LogP contribution in [-0.2, 0) is 9.47 Å². The van der Waals surface area contributed by atoms with Crippen molar-refractivity contribution in [2.45, 2.75) is 116 Å². The van der Waals surface area contributed by atoms with Gasteiger partial charge in [-0.3, -0.25) is 0 Å². The van der Waals surface area contributed by atoms with Crippen molar-refractivity contribution in [2.75, 3.05) is 19.8 Å². The summed E-state index contributed by atoms with van der Waals surface area (Å²) in [6.45, 7) is 8.07. The van der Waals surface area contributed by atoms with Gasteiger partial charge in [0, 0.05) is 6.61 Å². The molecule has 0 unspecified atom stereocenters. The van der Waals surface area contributed by atoms with E-state index in [-0.39, 0.29) is 12.1 Å². The molecular formula is C33H52O4. The number of carbonyl (C=O) groups excluding carboxylic acids is 1. The number of benzene rings is 1. The van der Waals surface area contributed by atoms with Gasteiger partial charge in [-0.15, -0.1) is 6.58 Å². The maximum absolute atomic E-state index is 12.7. The Balaban J connectivity index is 1.26. The minimum absolute atomic E-state index is 0.0761. The van der Waals surface area contributed by atoms with E-state index in [4.69, 9.17) is 14.2 Å². The molecule has 4 nitrogen and oxygen atoms in total. The first-order valence-electron chi connectivity index (χ1n) is 15.3. The predicted molar refractivity (Wildman–Crippen MR) is 152 cm³/mol. The minimum atomic E-state index is -0.193. The van der Waals surface area contributed by atoms with Crippen LogP contribution in [0.25, 0.3) is 0 Å². The molecule has 2 fully saturated rings. The molecule has 0 heterocycles. The lowest BCUT2D eigenvalue weighted by atomic mass is 9.70. The molecule has 0 aromatic heterocycles. The van der Waals surface area contributed by atoms with Crippen LogP contribution in [0.15, 0.2) is 36.9 Å². The van der Waals surface area contributed by atoms with Crippen molar-refractivity contribution in [3.05, 3.63) is 42.5 Å². The summed E-state index contributed by atoms with van der Waals surface area (Å²) in [6, 6.07) is 7.43. The summed E-state index contributed by atoms with van der Waals surface area (Å²) in [5, 5.41) is 0. The van der Waals surface area contributed by atoms with E-state index < -0.39 is 0 Å². The van der Waals surface area contributed by atoms with Crippen molar-refractivity contribution in [2.24, 2.45) is 17.8 Å². The molecule has 2 aliphatic rings. The van der Waals surface area contributed by atoms with Crippen molar-refractivity contribution in [1.29, 1.82) is 0 Å². The Morgan fingerprint density at radius 2 is 1.49 bits per heavy atom. The van der Waals surface area contributed by atoms with Crippen molar-refractivity contribution >= 4 is 5.97 Å². The Hall–Kier alpha value is -1.81. The van der Waals surface area contributed by atoms with E-state index in [0.29, 0.717) is 18.8 Å². The molecular weight excluding hydrogens is 460 g/mol. The second-order valence-electron chi connectivity index (χ2n) is 11.4. The molecule has 0 radical (unpaired) electrons. The number of hydrogen-bond donors (Lipinski definition) is 0. The summed E-state index contributed by atoms with van der Waals surface area (Å²) < 4.78 is 17.1. The summed E-state index contributed by atoms with van der Waals surface area (Å²) in [6.07, 6.45) is 22.0. The number of rotatable bonds is 17. The number of unbranched alkanes of at least 4 members (excludes halogenated alkanes) is 5. The van der Waals surface area contributed by atoms with Gasteiger partial charge in [0.25, 0.3) is 0 Å². The highest BCUT2D eigenvalue weighted by molar-refractivity contribution is 5.89. The third-order valence-corrected chi connectivity index (χ3v) is 8.54. The maximum Gasteiger partial charge on any atom is 0.338 e. The molecule has 3 rings (SSSR count). The molecule has 4 heteroatoms. The Labute approximate surface area is 226 Å². The van der Waals surface area contributed by atoms with Crippen molar-refractivity contribution in [3.8, 4) is 5.75 Å². The molecule has 208 valence electrons. The predicted octanol–water partition coefficient (Wildman–Crippen LogP) is 8.93. The van der Waals surface area contributed by atoms with Gasteiger partial charge in [0.1, 0.15) is 11.9 Å². The second kappa shape index (κ2) is 17.7. The van der Waals surface area contributed by atoms with Crippen LogP contribution in [0, 0.1) is 17.8 Å². The average molecular weight is 513 g/mol. The van der Waals surface area contributed by atoms with E-state index in [1.54, 1.807) is 6.08 Å². The summed E-state index contributed by atoms with van der Waals surface area (Å²) in [5.74, 6) is 3.35. The average Bonchev–Trinajstić information content (AvgIpc) is 2.93. The smallest absolute Gasteiger partial charge is 0.338 e. The summed E-state index contributed by atoms with van der Waals surface area (Å²) >= 11 is 0. The van der Waals surface area contributed by atoms with E-state index in [2.05, 4.69) is 13.5 Å². The number of ether oxygens (including phenoxy) is 3. The highest BCUT2D eigenvalue weighted by Crippen LogP contribution is 2.41. The van der Waals surface area contributed by atoms with Gasteiger partial charge in [-0.25, -0.2) is 4.79 Å². The normalized spacial score (nSPS) is 23.9. The van der Waals surface area contributed by atoms with Gasteiger partial charge in [-0.05, 0) is 99.8 Å². The van der Waals surface area contributed by atoms with E-state index >= 15 is 0 Å². The van der Waals surface area contributed by atoms with Crippen LogP contribution in [0.5, 0.6) is 5.75 Å². The monoisotopic (exact) mass is 512 g/mol. The van der Waals surface area contributed by atoms with Crippen LogP contribution in [-0.4, -0.2) is 31.9 Å². The van der Waals surface area contributed by atoms with Crippen molar-refractivity contribution in [3.63, 3.8) is 0 Å². The molecule has 2 saturated carbocycles. The molecule has 1 aromatic carbocycles. The van der Waals surface area contributed by atoms with Gasteiger partial charge in [-0.1, -0.05) is 57.9 Å². The standard InChI is InChI=1S/C33H52O4/c1-3-5-8-11-27-12-14-28(15-13-27)29-16-22-32(23-17-29)37-33(34)30-18-20-31(21-19-30)36-26-10-7-6-9-25-35-24-4-2/h4,18-21,27-29,32H,2-3,5-17,22-26H2,1H3. The first-order valence-corrected chi connectivity index (χ1v) is 15.3. The Bertz CT molecular complexity index is 742. The first-order chi connectivity index (χ1) is 18.2. The fourth-order valence-corrected chi connectivity index (χ4v) is 6.23. The minimum Gasteiger partial charge on any atom is -0.494 e. The summed E-state index contributed by atoms with van der Waals surface area (Å²) in [7, 11) is 0. The molecule has 0 saturated heterocycles. The maximum atomic E-state index is 12.7. The molecule has 1 aromatic rings. The molecule has 0 spiro atoms. The number of carbonyl (C=O) groups is 1. The van der Waals surface area contributed by atoms with Crippen LogP contribution in [0.2, 0.25) is 0 Å². The zero-order valence-electron chi connectivity index (χ0n) is 23.5. The summed E-state index contributed by atoms with van der Waals surface area (Å²) in [5.41, 5.74) is 0.621. The largest absolute Gasteiger partial charge is 0.494 e. The molecule has 0 aliphatic heterocycles. The Morgan fingerprint density at radius 1 is 0.838 bits per heavy atom. The Kier molecular flexibility index (Phi) is 14.2. The SMILES string of the molecule is C=CCOCCCCCCOc1ccc(C(=O)OC2CCC(C3CCC(CCCCC)CC3)CC2)cc1. The van der Waals surface area contributed by atoms with Crippen LogP contribution < -0.4 is 4.74 Å². The zero-order valence-corrected chi connectivity index (χ0v) is 23.5. The molecule has 0 atom stereocenters. The van der Waals surface area contributed by atoms with Gasteiger partial charge in [0.05, 0.1) is 18.8 Å². The quantitative estimate of drug-likeness (QED) is 0.119. The first kappa shape index (κ1) is 29.7. The molecule has 2 aliphatic carbocycles. The van der Waals surface area contributed by atoms with E-state index in [9.17, 15) is 4.79 Å². The topological polar surface area (TPSA) is 44.8 Å². The van der Waals surface area contributed by atoms with Crippen LogP contribution in [0.3, 0.4) is 0 Å². The molecule has 0 amide bonds. The third kappa shape index (κ3) is 11.2. The van der Waals surface area contributed by atoms with Gasteiger partial charge in [0.15, 0.2) is 0 Å². The number of esters is 1. The number of hydrogen-bond acceptors (Lipinski definition) is 4. The van der Waals surface area contributed by atoms with Gasteiger partial charge in [-0.2, -0.15) is 0 Å². The fourth-order valence-electron chi connectivity index (χ4n) is 6.23. The van der Waals surface area contributed by atoms with Gasteiger partial charge < -0.3 is 14.2 Å². The zero-order chi connectivity index (χ0) is 26.1.